The first-order valence-electron chi connectivity index (χ1n) is 4.89. The number of imidazole rings is 1. The summed E-state index contributed by atoms with van der Waals surface area (Å²) in [6, 6.07) is 3.94. The second-order valence-corrected chi connectivity index (χ2v) is 3.44. The zero-order valence-corrected chi connectivity index (χ0v) is 8.94. The molecular weight excluding hydrogens is 188 g/mol. The molecule has 2 aromatic heterocycles. The second kappa shape index (κ2) is 4.13. The van der Waals surface area contributed by atoms with E-state index < -0.39 is 0 Å². The Kier molecular flexibility index (Phi) is 2.67. The number of anilines is 1. The zero-order chi connectivity index (χ0) is 10.7. The molecule has 0 aliphatic carbocycles. The summed E-state index contributed by atoms with van der Waals surface area (Å²) in [5.41, 5.74) is 2.06. The average molecular weight is 202 g/mol. The zero-order valence-electron chi connectivity index (χ0n) is 8.94. The molecule has 0 aromatic carbocycles. The van der Waals surface area contributed by atoms with E-state index >= 15 is 0 Å². The van der Waals surface area contributed by atoms with Gasteiger partial charge in [-0.1, -0.05) is 0 Å². The summed E-state index contributed by atoms with van der Waals surface area (Å²) < 4.78 is 2.00. The molecule has 0 radical (unpaired) electrons. The fourth-order valence-corrected chi connectivity index (χ4v) is 1.41. The van der Waals surface area contributed by atoms with Crippen molar-refractivity contribution in [2.45, 2.75) is 13.5 Å². The molecule has 0 saturated carbocycles. The van der Waals surface area contributed by atoms with Crippen molar-refractivity contribution in [1.29, 1.82) is 0 Å². The van der Waals surface area contributed by atoms with Gasteiger partial charge in [0.15, 0.2) is 0 Å². The number of aromatic nitrogens is 3. The van der Waals surface area contributed by atoms with Crippen LogP contribution in [-0.4, -0.2) is 14.5 Å². The number of hydrogen-bond acceptors (Lipinski definition) is 3. The van der Waals surface area contributed by atoms with Crippen LogP contribution in [0.15, 0.2) is 30.7 Å². The van der Waals surface area contributed by atoms with Crippen LogP contribution in [-0.2, 0) is 13.6 Å². The van der Waals surface area contributed by atoms with Crippen LogP contribution in [0.3, 0.4) is 0 Å². The molecule has 15 heavy (non-hydrogen) atoms. The molecule has 0 spiro atoms. The van der Waals surface area contributed by atoms with Gasteiger partial charge < -0.3 is 9.88 Å². The van der Waals surface area contributed by atoms with Crippen molar-refractivity contribution in [3.05, 3.63) is 42.2 Å². The Hall–Kier alpha value is -1.84. The average Bonchev–Trinajstić information content (AvgIpc) is 2.63. The minimum Gasteiger partial charge on any atom is -0.376 e. The smallest absolute Gasteiger partial charge is 0.127 e. The number of pyridine rings is 1. The van der Waals surface area contributed by atoms with Crippen molar-refractivity contribution in [2.75, 3.05) is 5.32 Å². The molecule has 2 rings (SSSR count). The Balaban J connectivity index is 2.06. The van der Waals surface area contributed by atoms with E-state index in [2.05, 4.69) is 15.3 Å². The highest BCUT2D eigenvalue weighted by atomic mass is 15.1. The maximum Gasteiger partial charge on any atom is 0.127 e. The van der Waals surface area contributed by atoms with Crippen molar-refractivity contribution in [3.8, 4) is 0 Å². The monoisotopic (exact) mass is 202 g/mol. The lowest BCUT2D eigenvalue weighted by Crippen LogP contribution is -2.06. The van der Waals surface area contributed by atoms with E-state index in [-0.39, 0.29) is 0 Å². The van der Waals surface area contributed by atoms with Gasteiger partial charge in [-0.15, -0.1) is 0 Å². The summed E-state index contributed by atoms with van der Waals surface area (Å²) >= 11 is 0. The van der Waals surface area contributed by atoms with Gasteiger partial charge in [-0.25, -0.2) is 4.98 Å². The molecule has 0 aliphatic rings. The first kappa shape index (κ1) is 9.71. The van der Waals surface area contributed by atoms with Gasteiger partial charge in [0, 0.05) is 25.6 Å². The van der Waals surface area contributed by atoms with E-state index in [9.17, 15) is 0 Å². The highest BCUT2D eigenvalue weighted by Gasteiger charge is 2.00. The van der Waals surface area contributed by atoms with Gasteiger partial charge in [-0.2, -0.15) is 0 Å². The molecule has 0 aliphatic heterocycles. The molecule has 4 nitrogen and oxygen atoms in total. The Labute approximate surface area is 89.0 Å². The van der Waals surface area contributed by atoms with Gasteiger partial charge in [0.1, 0.15) is 5.82 Å². The Morgan fingerprint density at radius 3 is 2.87 bits per heavy atom. The lowest BCUT2D eigenvalue weighted by Gasteiger charge is -2.08. The second-order valence-electron chi connectivity index (χ2n) is 3.44. The largest absolute Gasteiger partial charge is 0.376 e. The molecule has 0 fully saturated rings. The van der Waals surface area contributed by atoms with E-state index in [1.165, 1.54) is 0 Å². The lowest BCUT2D eigenvalue weighted by molar-refractivity contribution is 0.812. The van der Waals surface area contributed by atoms with Crippen LogP contribution in [0.2, 0.25) is 0 Å². The van der Waals surface area contributed by atoms with Crippen LogP contribution >= 0.6 is 0 Å². The van der Waals surface area contributed by atoms with Gasteiger partial charge in [0.2, 0.25) is 0 Å². The molecule has 78 valence electrons. The SMILES string of the molecule is Cc1ncccc1NCc1nccn1C. The number of nitrogens with one attached hydrogen (secondary N) is 1. The van der Waals surface area contributed by atoms with Crippen molar-refractivity contribution < 1.29 is 0 Å². The van der Waals surface area contributed by atoms with E-state index in [0.29, 0.717) is 0 Å². The first-order valence-corrected chi connectivity index (χ1v) is 4.89. The van der Waals surface area contributed by atoms with E-state index in [1.54, 1.807) is 12.4 Å². The van der Waals surface area contributed by atoms with E-state index in [0.717, 1.165) is 23.8 Å². The third kappa shape index (κ3) is 2.15. The minimum absolute atomic E-state index is 0.718. The van der Waals surface area contributed by atoms with Crippen LogP contribution in [0.4, 0.5) is 5.69 Å². The van der Waals surface area contributed by atoms with Crippen molar-refractivity contribution in [1.82, 2.24) is 14.5 Å². The predicted octanol–water partition coefficient (Wildman–Crippen LogP) is 1.74. The standard InChI is InChI=1S/C11H14N4/c1-9-10(4-3-5-12-9)14-8-11-13-6-7-15(11)2/h3-7,14H,8H2,1-2H3. The van der Waals surface area contributed by atoms with Gasteiger partial charge in [-0.05, 0) is 19.1 Å². The van der Waals surface area contributed by atoms with Crippen molar-refractivity contribution in [3.63, 3.8) is 0 Å². The number of hydrogen-bond donors (Lipinski definition) is 1. The van der Waals surface area contributed by atoms with Crippen molar-refractivity contribution >= 4 is 5.69 Å². The lowest BCUT2D eigenvalue weighted by atomic mass is 10.3. The fourth-order valence-electron chi connectivity index (χ4n) is 1.41. The van der Waals surface area contributed by atoms with Gasteiger partial charge >= 0.3 is 0 Å². The topological polar surface area (TPSA) is 42.7 Å². The summed E-state index contributed by atoms with van der Waals surface area (Å²) in [6.45, 7) is 2.71. The normalized spacial score (nSPS) is 10.3. The highest BCUT2D eigenvalue weighted by Crippen LogP contribution is 2.11. The van der Waals surface area contributed by atoms with Crippen molar-refractivity contribution in [2.24, 2.45) is 7.05 Å². The molecule has 0 bridgehead atoms. The van der Waals surface area contributed by atoms with E-state index in [4.69, 9.17) is 0 Å². The predicted molar refractivity (Wildman–Crippen MR) is 59.5 cm³/mol. The molecular formula is C11H14N4. The molecule has 4 heteroatoms. The van der Waals surface area contributed by atoms with Crippen LogP contribution < -0.4 is 5.32 Å². The van der Waals surface area contributed by atoms with Gasteiger partial charge in [0.25, 0.3) is 0 Å². The Morgan fingerprint density at radius 2 is 2.20 bits per heavy atom. The summed E-state index contributed by atoms with van der Waals surface area (Å²) in [5.74, 6) is 1.01. The van der Waals surface area contributed by atoms with Gasteiger partial charge in [0.05, 0.1) is 17.9 Å². The number of nitrogens with zero attached hydrogens (tertiary/aromatic N) is 3. The van der Waals surface area contributed by atoms with Crippen LogP contribution in [0.5, 0.6) is 0 Å². The molecule has 0 unspecified atom stereocenters. The molecule has 0 amide bonds. The molecule has 0 saturated heterocycles. The minimum atomic E-state index is 0.718. The summed E-state index contributed by atoms with van der Waals surface area (Å²) in [4.78, 5) is 8.45. The van der Waals surface area contributed by atoms with E-state index in [1.807, 2.05) is 36.9 Å². The Morgan fingerprint density at radius 1 is 1.33 bits per heavy atom. The number of aryl methyl sites for hydroxylation is 2. The maximum atomic E-state index is 4.24. The number of rotatable bonds is 3. The Bertz CT molecular complexity index is 447. The first-order chi connectivity index (χ1) is 7.27. The summed E-state index contributed by atoms with van der Waals surface area (Å²) in [5, 5.41) is 3.31. The summed E-state index contributed by atoms with van der Waals surface area (Å²) in [6.07, 6.45) is 5.53. The fraction of sp³-hybridized carbons (Fsp3) is 0.273. The molecule has 2 heterocycles. The quantitative estimate of drug-likeness (QED) is 0.824. The molecule has 0 atom stereocenters. The van der Waals surface area contributed by atoms with Crippen LogP contribution in [0.25, 0.3) is 0 Å². The third-order valence-electron chi connectivity index (χ3n) is 2.36. The molecule has 2 aromatic rings. The maximum absolute atomic E-state index is 4.24. The highest BCUT2D eigenvalue weighted by molar-refractivity contribution is 5.46. The third-order valence-corrected chi connectivity index (χ3v) is 2.36. The van der Waals surface area contributed by atoms with Crippen LogP contribution in [0, 0.1) is 6.92 Å². The summed E-state index contributed by atoms with van der Waals surface area (Å²) in [7, 11) is 1.99. The molecule has 1 N–H and O–H groups in total. The van der Waals surface area contributed by atoms with Gasteiger partial charge in [-0.3, -0.25) is 4.98 Å². The van der Waals surface area contributed by atoms with Crippen LogP contribution in [0.1, 0.15) is 11.5 Å².